The van der Waals surface area contributed by atoms with Crippen molar-refractivity contribution in [1.82, 2.24) is 4.98 Å². The molecule has 0 aliphatic carbocycles. The van der Waals surface area contributed by atoms with E-state index in [0.717, 1.165) is 14.6 Å². The molecule has 0 fully saturated rings. The van der Waals surface area contributed by atoms with Gasteiger partial charge in [-0.05, 0) is 30.3 Å². The molecule has 0 atom stereocenters. The zero-order valence-electron chi connectivity index (χ0n) is 15.1. The van der Waals surface area contributed by atoms with Crippen LogP contribution in [0.5, 0.6) is 0 Å². The van der Waals surface area contributed by atoms with Gasteiger partial charge in [-0.1, -0.05) is 23.9 Å². The topological polar surface area (TPSA) is 94.6 Å². The number of carbonyl (C=O) groups is 3. The SMILES string of the molecule is COC(=O)c1ccc(C(=O)OC)c(NC(=O)CSc2nc3ccccc3s2)c1. The third kappa shape index (κ3) is 4.49. The van der Waals surface area contributed by atoms with Crippen molar-refractivity contribution in [2.24, 2.45) is 0 Å². The van der Waals surface area contributed by atoms with E-state index in [1.165, 1.54) is 55.5 Å². The molecule has 1 N–H and O–H groups in total. The molecule has 2 aromatic carbocycles. The highest BCUT2D eigenvalue weighted by molar-refractivity contribution is 8.01. The Labute approximate surface area is 169 Å². The van der Waals surface area contributed by atoms with Crippen molar-refractivity contribution in [2.45, 2.75) is 4.34 Å². The number of thiazole rings is 1. The predicted molar refractivity (Wildman–Crippen MR) is 108 cm³/mol. The van der Waals surface area contributed by atoms with Crippen LogP contribution in [-0.4, -0.2) is 42.8 Å². The first-order valence-corrected chi connectivity index (χ1v) is 9.91. The van der Waals surface area contributed by atoms with Crippen LogP contribution in [0.3, 0.4) is 0 Å². The summed E-state index contributed by atoms with van der Waals surface area (Å²) < 4.78 is 11.2. The molecule has 0 saturated heterocycles. The summed E-state index contributed by atoms with van der Waals surface area (Å²) >= 11 is 2.80. The van der Waals surface area contributed by atoms with Crippen molar-refractivity contribution in [3.05, 3.63) is 53.6 Å². The summed E-state index contributed by atoms with van der Waals surface area (Å²) in [5, 5.41) is 2.66. The van der Waals surface area contributed by atoms with Gasteiger partial charge in [-0.15, -0.1) is 11.3 Å². The predicted octanol–water partition coefficient (Wildman–Crippen LogP) is 3.60. The molecule has 3 rings (SSSR count). The first-order chi connectivity index (χ1) is 13.5. The van der Waals surface area contributed by atoms with E-state index in [4.69, 9.17) is 4.74 Å². The molecule has 0 saturated carbocycles. The molecule has 1 aromatic heterocycles. The lowest BCUT2D eigenvalue weighted by molar-refractivity contribution is -0.113. The fraction of sp³-hybridized carbons (Fsp3) is 0.158. The molecule has 28 heavy (non-hydrogen) atoms. The normalized spacial score (nSPS) is 10.5. The number of para-hydroxylation sites is 1. The fourth-order valence-electron chi connectivity index (χ4n) is 2.41. The van der Waals surface area contributed by atoms with Crippen LogP contribution in [0.15, 0.2) is 46.8 Å². The average Bonchev–Trinajstić information content (AvgIpc) is 3.14. The molecule has 0 bridgehead atoms. The monoisotopic (exact) mass is 416 g/mol. The Balaban J connectivity index is 1.74. The van der Waals surface area contributed by atoms with E-state index >= 15 is 0 Å². The van der Waals surface area contributed by atoms with Crippen molar-refractivity contribution in [2.75, 3.05) is 25.3 Å². The molecule has 1 amide bonds. The van der Waals surface area contributed by atoms with Crippen LogP contribution in [-0.2, 0) is 14.3 Å². The molecule has 9 heteroatoms. The number of hydrogen-bond donors (Lipinski definition) is 1. The Morgan fingerprint density at radius 2 is 1.82 bits per heavy atom. The third-order valence-electron chi connectivity index (χ3n) is 3.72. The molecule has 7 nitrogen and oxygen atoms in total. The maximum atomic E-state index is 12.4. The number of aromatic nitrogens is 1. The number of esters is 2. The van der Waals surface area contributed by atoms with Crippen molar-refractivity contribution >= 4 is 56.8 Å². The van der Waals surface area contributed by atoms with Gasteiger partial charge >= 0.3 is 11.9 Å². The quantitative estimate of drug-likeness (QED) is 0.485. The van der Waals surface area contributed by atoms with Crippen LogP contribution in [0.4, 0.5) is 5.69 Å². The number of carbonyl (C=O) groups excluding carboxylic acids is 3. The fourth-order valence-corrected chi connectivity index (χ4v) is 4.28. The number of thioether (sulfide) groups is 1. The summed E-state index contributed by atoms with van der Waals surface area (Å²) in [7, 11) is 2.49. The number of hydrogen-bond acceptors (Lipinski definition) is 8. The minimum absolute atomic E-state index is 0.100. The second kappa shape index (κ2) is 8.85. The van der Waals surface area contributed by atoms with Gasteiger partial charge in [-0.2, -0.15) is 0 Å². The van der Waals surface area contributed by atoms with Crippen LogP contribution in [0, 0.1) is 0 Å². The van der Waals surface area contributed by atoms with Crippen LogP contribution >= 0.6 is 23.1 Å². The van der Waals surface area contributed by atoms with E-state index < -0.39 is 11.9 Å². The first kappa shape index (κ1) is 19.8. The van der Waals surface area contributed by atoms with Gasteiger partial charge in [0.25, 0.3) is 0 Å². The van der Waals surface area contributed by atoms with Crippen molar-refractivity contribution in [1.29, 1.82) is 0 Å². The lowest BCUT2D eigenvalue weighted by Gasteiger charge is -2.11. The molecule has 0 aliphatic heterocycles. The Morgan fingerprint density at radius 1 is 1.07 bits per heavy atom. The van der Waals surface area contributed by atoms with E-state index in [9.17, 15) is 14.4 Å². The van der Waals surface area contributed by atoms with E-state index in [2.05, 4.69) is 15.0 Å². The zero-order valence-corrected chi connectivity index (χ0v) is 16.7. The molecule has 0 unspecified atom stereocenters. The molecule has 0 radical (unpaired) electrons. The number of anilines is 1. The van der Waals surface area contributed by atoms with Gasteiger partial charge < -0.3 is 14.8 Å². The summed E-state index contributed by atoms with van der Waals surface area (Å²) in [6, 6.07) is 12.0. The molecule has 1 heterocycles. The summed E-state index contributed by atoms with van der Waals surface area (Å²) in [6.07, 6.45) is 0. The lowest BCUT2D eigenvalue weighted by Crippen LogP contribution is -2.18. The Morgan fingerprint density at radius 3 is 2.54 bits per heavy atom. The number of rotatable bonds is 6. The highest BCUT2D eigenvalue weighted by Gasteiger charge is 2.17. The maximum absolute atomic E-state index is 12.4. The minimum Gasteiger partial charge on any atom is -0.465 e. The van der Waals surface area contributed by atoms with E-state index in [-0.39, 0.29) is 28.5 Å². The number of methoxy groups -OCH3 is 2. The zero-order chi connectivity index (χ0) is 20.1. The number of nitrogens with one attached hydrogen (secondary N) is 1. The largest absolute Gasteiger partial charge is 0.465 e. The van der Waals surface area contributed by atoms with E-state index in [1.807, 2.05) is 24.3 Å². The number of amides is 1. The van der Waals surface area contributed by atoms with Crippen molar-refractivity contribution in [3.8, 4) is 0 Å². The van der Waals surface area contributed by atoms with Gasteiger partial charge in [-0.25, -0.2) is 14.6 Å². The Kier molecular flexibility index (Phi) is 6.27. The summed E-state index contributed by atoms with van der Waals surface area (Å²) in [4.78, 5) is 40.5. The van der Waals surface area contributed by atoms with E-state index in [1.54, 1.807) is 0 Å². The van der Waals surface area contributed by atoms with Gasteiger partial charge in [0, 0.05) is 0 Å². The number of benzene rings is 2. The Bertz CT molecular complexity index is 1010. The molecule has 3 aromatic rings. The lowest BCUT2D eigenvalue weighted by atomic mass is 10.1. The number of fused-ring (bicyclic) bond motifs is 1. The second-order valence-electron chi connectivity index (χ2n) is 5.53. The van der Waals surface area contributed by atoms with Gasteiger partial charge in [0.2, 0.25) is 5.91 Å². The standard InChI is InChI=1S/C19H16N2O5S2/c1-25-17(23)11-7-8-12(18(24)26-2)14(9-11)20-16(22)10-27-19-21-13-5-3-4-6-15(13)28-19/h3-9H,10H2,1-2H3,(H,20,22). The highest BCUT2D eigenvalue weighted by atomic mass is 32.2. The second-order valence-corrected chi connectivity index (χ2v) is 7.78. The molecule has 0 spiro atoms. The van der Waals surface area contributed by atoms with Crippen LogP contribution in [0.25, 0.3) is 10.2 Å². The van der Waals surface area contributed by atoms with Crippen LogP contribution in [0.1, 0.15) is 20.7 Å². The maximum Gasteiger partial charge on any atom is 0.339 e. The van der Waals surface area contributed by atoms with Gasteiger partial charge in [-0.3, -0.25) is 4.79 Å². The summed E-state index contributed by atoms with van der Waals surface area (Å²) in [5.41, 5.74) is 1.43. The Hall–Kier alpha value is -2.91. The van der Waals surface area contributed by atoms with E-state index in [0.29, 0.717) is 0 Å². The van der Waals surface area contributed by atoms with Gasteiger partial charge in [0.15, 0.2) is 4.34 Å². The van der Waals surface area contributed by atoms with Crippen LogP contribution in [0.2, 0.25) is 0 Å². The summed E-state index contributed by atoms with van der Waals surface area (Å²) in [6.45, 7) is 0. The van der Waals surface area contributed by atoms with Gasteiger partial charge in [0.05, 0.1) is 47.0 Å². The number of ether oxygens (including phenoxy) is 2. The van der Waals surface area contributed by atoms with Crippen molar-refractivity contribution < 1.29 is 23.9 Å². The first-order valence-electron chi connectivity index (χ1n) is 8.10. The van der Waals surface area contributed by atoms with Crippen molar-refractivity contribution in [3.63, 3.8) is 0 Å². The molecular weight excluding hydrogens is 400 g/mol. The highest BCUT2D eigenvalue weighted by Crippen LogP contribution is 2.29. The van der Waals surface area contributed by atoms with Crippen LogP contribution < -0.4 is 5.32 Å². The smallest absolute Gasteiger partial charge is 0.339 e. The number of nitrogens with zero attached hydrogens (tertiary/aromatic N) is 1. The molecular formula is C19H16N2O5S2. The molecule has 144 valence electrons. The minimum atomic E-state index is -0.620. The summed E-state index contributed by atoms with van der Waals surface area (Å²) in [5.74, 6) is -1.43. The third-order valence-corrected chi connectivity index (χ3v) is 5.90. The average molecular weight is 416 g/mol. The molecule has 0 aliphatic rings. The van der Waals surface area contributed by atoms with Gasteiger partial charge in [0.1, 0.15) is 0 Å².